The summed E-state index contributed by atoms with van der Waals surface area (Å²) in [6.45, 7) is 8.67. The summed E-state index contributed by atoms with van der Waals surface area (Å²) in [7, 11) is 1.62. The molecule has 2 aromatic carbocycles. The van der Waals surface area contributed by atoms with E-state index in [0.717, 1.165) is 11.4 Å². The lowest BCUT2D eigenvalue weighted by atomic mass is 9.96. The van der Waals surface area contributed by atoms with Crippen molar-refractivity contribution in [3.05, 3.63) is 106 Å². The maximum absolute atomic E-state index is 6.54. The second-order valence-corrected chi connectivity index (χ2v) is 9.99. The Labute approximate surface area is 222 Å². The molecule has 0 amide bonds. The quantitative estimate of drug-likeness (QED) is 0.291. The van der Waals surface area contributed by atoms with Gasteiger partial charge in [0.05, 0.1) is 29.9 Å². The summed E-state index contributed by atoms with van der Waals surface area (Å²) in [6, 6.07) is 20.2. The molecule has 0 bridgehead atoms. The molecule has 3 heterocycles. The predicted molar refractivity (Wildman–Crippen MR) is 151 cm³/mol. The molecule has 2 aromatic heterocycles. The molecule has 0 saturated carbocycles. The van der Waals surface area contributed by atoms with Crippen molar-refractivity contribution in [2.75, 3.05) is 12.0 Å². The average molecular weight is 517 g/mol. The summed E-state index contributed by atoms with van der Waals surface area (Å²) < 4.78 is 7.73. The number of nitrogens with one attached hydrogen (secondary N) is 1. The first-order valence-corrected chi connectivity index (χ1v) is 12.7. The summed E-state index contributed by atoms with van der Waals surface area (Å²) in [6.07, 6.45) is 1.82. The van der Waals surface area contributed by atoms with Crippen molar-refractivity contribution in [1.29, 1.82) is 0 Å². The Kier molecular flexibility index (Phi) is 6.49. The van der Waals surface area contributed by atoms with E-state index in [9.17, 15) is 0 Å². The van der Waals surface area contributed by atoms with Crippen LogP contribution in [0, 0.1) is 27.7 Å². The third kappa shape index (κ3) is 4.04. The van der Waals surface area contributed by atoms with Gasteiger partial charge in [0, 0.05) is 29.0 Å². The number of hydrogen-bond donors (Lipinski definition) is 1. The van der Waals surface area contributed by atoms with Gasteiger partial charge in [0.2, 0.25) is 0 Å². The number of anilines is 1. The van der Waals surface area contributed by atoms with Crippen molar-refractivity contribution in [2.24, 2.45) is 0 Å². The lowest BCUT2D eigenvalue weighted by Gasteiger charge is -2.28. The number of aryl methyl sites for hydroxylation is 2. The minimum absolute atomic E-state index is 0.123. The molecule has 0 aliphatic carbocycles. The zero-order chi connectivity index (χ0) is 25.6. The molecule has 1 aliphatic heterocycles. The number of rotatable bonds is 5. The minimum atomic E-state index is -0.132. The highest BCUT2D eigenvalue weighted by molar-refractivity contribution is 7.80. The number of methoxy groups -OCH3 is 1. The number of ether oxygens (including phenoxy) is 1. The fourth-order valence-corrected chi connectivity index (χ4v) is 5.79. The van der Waals surface area contributed by atoms with E-state index in [1.807, 2.05) is 42.6 Å². The van der Waals surface area contributed by atoms with Crippen molar-refractivity contribution in [1.82, 2.24) is 14.9 Å². The molecule has 4 aromatic rings. The summed E-state index contributed by atoms with van der Waals surface area (Å²) >= 11 is 12.4. The van der Waals surface area contributed by atoms with Gasteiger partial charge in [0.15, 0.2) is 5.11 Å². The van der Waals surface area contributed by atoms with E-state index in [0.29, 0.717) is 15.9 Å². The van der Waals surface area contributed by atoms with E-state index in [1.54, 1.807) is 7.11 Å². The van der Waals surface area contributed by atoms with Crippen LogP contribution >= 0.6 is 23.8 Å². The van der Waals surface area contributed by atoms with Crippen LogP contribution in [0.2, 0.25) is 5.02 Å². The van der Waals surface area contributed by atoms with Crippen LogP contribution in [0.3, 0.4) is 0 Å². The van der Waals surface area contributed by atoms with Crippen molar-refractivity contribution in [3.63, 3.8) is 0 Å². The highest BCUT2D eigenvalue weighted by atomic mass is 35.5. The van der Waals surface area contributed by atoms with Gasteiger partial charge in [-0.3, -0.25) is 4.98 Å². The lowest BCUT2D eigenvalue weighted by molar-refractivity contribution is 0.415. The van der Waals surface area contributed by atoms with Gasteiger partial charge in [-0.2, -0.15) is 0 Å². The molecule has 0 radical (unpaired) electrons. The van der Waals surface area contributed by atoms with Gasteiger partial charge >= 0.3 is 0 Å². The van der Waals surface area contributed by atoms with Crippen LogP contribution in [0.15, 0.2) is 66.9 Å². The van der Waals surface area contributed by atoms with Gasteiger partial charge in [0.1, 0.15) is 5.75 Å². The molecule has 1 fully saturated rings. The maximum Gasteiger partial charge on any atom is 0.174 e. The van der Waals surface area contributed by atoms with E-state index >= 15 is 0 Å². The van der Waals surface area contributed by atoms with Crippen LogP contribution < -0.4 is 15.0 Å². The van der Waals surface area contributed by atoms with Crippen LogP contribution in [-0.4, -0.2) is 21.8 Å². The first kappa shape index (κ1) is 24.3. The molecular weight excluding hydrogens is 488 g/mol. The highest BCUT2D eigenvalue weighted by Gasteiger charge is 2.42. The molecule has 5 rings (SSSR count). The fourth-order valence-electron chi connectivity index (χ4n) is 5.19. The number of benzene rings is 2. The molecule has 7 heteroatoms. The highest BCUT2D eigenvalue weighted by Crippen LogP contribution is 2.45. The topological polar surface area (TPSA) is 42.3 Å². The smallest absolute Gasteiger partial charge is 0.174 e. The molecular formula is C29H29ClN4OS. The largest absolute Gasteiger partial charge is 0.495 e. The molecule has 2 atom stereocenters. The monoisotopic (exact) mass is 516 g/mol. The van der Waals surface area contributed by atoms with Gasteiger partial charge in [-0.25, -0.2) is 0 Å². The molecule has 36 heavy (non-hydrogen) atoms. The Morgan fingerprint density at radius 1 is 1.00 bits per heavy atom. The Balaban J connectivity index is 1.70. The van der Waals surface area contributed by atoms with Gasteiger partial charge in [-0.15, -0.1) is 0 Å². The van der Waals surface area contributed by atoms with Crippen molar-refractivity contribution in [2.45, 2.75) is 39.8 Å². The van der Waals surface area contributed by atoms with E-state index < -0.39 is 0 Å². The Bertz CT molecular complexity index is 1450. The summed E-state index contributed by atoms with van der Waals surface area (Å²) in [5.41, 5.74) is 9.09. The van der Waals surface area contributed by atoms with E-state index in [4.69, 9.17) is 28.6 Å². The second-order valence-electron chi connectivity index (χ2n) is 9.20. The molecule has 1 aliphatic rings. The molecule has 5 nitrogen and oxygen atoms in total. The number of nitrogens with zero attached hydrogens (tertiary/aromatic N) is 3. The zero-order valence-electron chi connectivity index (χ0n) is 21.0. The van der Waals surface area contributed by atoms with Crippen molar-refractivity contribution in [3.8, 4) is 11.4 Å². The molecule has 0 unspecified atom stereocenters. The van der Waals surface area contributed by atoms with Crippen molar-refractivity contribution < 1.29 is 4.74 Å². The van der Waals surface area contributed by atoms with Crippen LogP contribution in [0.5, 0.6) is 5.75 Å². The second kappa shape index (κ2) is 9.60. The number of pyridine rings is 1. The average Bonchev–Trinajstić information content (AvgIpc) is 3.36. The van der Waals surface area contributed by atoms with E-state index in [1.165, 1.54) is 33.8 Å². The SMILES string of the molecule is COc1ccc(N2C(=S)N[C@H](c3ccccn3)[C@H]2c2cc(C)n(-c3cccc(C)c3C)c2C)cc1Cl. The molecule has 1 saturated heterocycles. The van der Waals surface area contributed by atoms with Gasteiger partial charge in [-0.05, 0) is 99.1 Å². The first-order chi connectivity index (χ1) is 17.3. The summed E-state index contributed by atoms with van der Waals surface area (Å²) in [5, 5.41) is 4.72. The molecule has 1 N–H and O–H groups in total. The van der Waals surface area contributed by atoms with E-state index in [2.05, 4.69) is 71.7 Å². The minimum Gasteiger partial charge on any atom is -0.495 e. The van der Waals surface area contributed by atoms with Gasteiger partial charge in [0.25, 0.3) is 0 Å². The zero-order valence-corrected chi connectivity index (χ0v) is 22.6. The maximum atomic E-state index is 6.54. The normalized spacial score (nSPS) is 17.4. The van der Waals surface area contributed by atoms with Crippen molar-refractivity contribution >= 4 is 34.6 Å². The lowest BCUT2D eigenvalue weighted by Crippen LogP contribution is -2.29. The van der Waals surface area contributed by atoms with Crippen LogP contribution in [0.1, 0.15) is 45.9 Å². The summed E-state index contributed by atoms with van der Waals surface area (Å²) in [4.78, 5) is 6.83. The van der Waals surface area contributed by atoms with Crippen LogP contribution in [0.25, 0.3) is 5.69 Å². The number of aromatic nitrogens is 2. The molecule has 0 spiro atoms. The number of halogens is 1. The first-order valence-electron chi connectivity index (χ1n) is 11.9. The molecule has 184 valence electrons. The van der Waals surface area contributed by atoms with Gasteiger partial charge in [-0.1, -0.05) is 29.8 Å². The Morgan fingerprint density at radius 3 is 2.50 bits per heavy atom. The Morgan fingerprint density at radius 2 is 1.81 bits per heavy atom. The fraction of sp³-hybridized carbons (Fsp3) is 0.241. The summed E-state index contributed by atoms with van der Waals surface area (Å²) in [5.74, 6) is 0.629. The number of hydrogen-bond acceptors (Lipinski definition) is 3. The number of thiocarbonyl (C=S) groups is 1. The van der Waals surface area contributed by atoms with Gasteiger partial charge < -0.3 is 19.5 Å². The predicted octanol–water partition coefficient (Wildman–Crippen LogP) is 6.95. The van der Waals surface area contributed by atoms with Crippen LogP contribution in [-0.2, 0) is 0 Å². The standard InChI is InChI=1S/C29H29ClN4OS/c1-17-9-8-11-25(19(17)3)33-18(2)15-22(20(33)4)28-27(24-10-6-7-14-31-24)32-29(36)34(28)21-12-13-26(35-5)23(30)16-21/h6-16,27-28H,1-5H3,(H,32,36)/t27-,28-/m1/s1. The third-order valence-electron chi connectivity index (χ3n) is 7.12. The Hall–Kier alpha value is -3.35. The van der Waals surface area contributed by atoms with E-state index in [-0.39, 0.29) is 12.1 Å². The third-order valence-corrected chi connectivity index (χ3v) is 7.73. The van der Waals surface area contributed by atoms with Crippen LogP contribution in [0.4, 0.5) is 5.69 Å².